The van der Waals surface area contributed by atoms with Gasteiger partial charge in [-0.3, -0.25) is 10.1 Å². The summed E-state index contributed by atoms with van der Waals surface area (Å²) in [5.41, 5.74) is -0.389. The van der Waals surface area contributed by atoms with Crippen molar-refractivity contribution in [2.24, 2.45) is 0 Å². The quantitative estimate of drug-likeness (QED) is 0.630. The van der Waals surface area contributed by atoms with E-state index < -0.39 is 10.9 Å². The SMILES string of the molecule is O=C(O)c1c(Cl)cccc1Oc1cc(Br)cc([N+](=O)[O-])c1. The normalized spacial score (nSPS) is 10.2. The van der Waals surface area contributed by atoms with E-state index in [1.54, 1.807) is 0 Å². The highest BCUT2D eigenvalue weighted by Crippen LogP contribution is 2.33. The Morgan fingerprint density at radius 2 is 2.05 bits per heavy atom. The van der Waals surface area contributed by atoms with Gasteiger partial charge in [0.05, 0.1) is 16.0 Å². The number of hydrogen-bond donors (Lipinski definition) is 1. The van der Waals surface area contributed by atoms with Gasteiger partial charge < -0.3 is 9.84 Å². The lowest BCUT2D eigenvalue weighted by molar-refractivity contribution is -0.385. The van der Waals surface area contributed by atoms with E-state index >= 15 is 0 Å². The highest BCUT2D eigenvalue weighted by atomic mass is 79.9. The third kappa shape index (κ3) is 3.50. The van der Waals surface area contributed by atoms with Crippen molar-refractivity contribution in [1.29, 1.82) is 0 Å². The molecule has 0 spiro atoms. The lowest BCUT2D eigenvalue weighted by atomic mass is 10.2. The molecule has 2 rings (SSSR count). The van der Waals surface area contributed by atoms with Gasteiger partial charge in [0, 0.05) is 10.5 Å². The number of benzene rings is 2. The minimum atomic E-state index is -1.25. The molecular formula is C13H7BrClNO5. The Labute approximate surface area is 132 Å². The summed E-state index contributed by atoms with van der Waals surface area (Å²) in [6, 6.07) is 8.35. The van der Waals surface area contributed by atoms with Gasteiger partial charge in [-0.15, -0.1) is 0 Å². The molecule has 0 bridgehead atoms. The molecular weight excluding hydrogens is 366 g/mol. The standard InChI is InChI=1S/C13H7BrClNO5/c14-7-4-8(16(19)20)6-9(5-7)21-11-3-1-2-10(15)12(11)13(17)18/h1-6H,(H,17,18). The second kappa shape index (κ2) is 6.11. The first-order valence-corrected chi connectivity index (χ1v) is 6.70. The number of nitro groups is 1. The Bertz CT molecular complexity index is 734. The molecule has 6 nitrogen and oxygen atoms in total. The van der Waals surface area contributed by atoms with Gasteiger partial charge in [-0.1, -0.05) is 33.6 Å². The second-order valence-electron chi connectivity index (χ2n) is 3.92. The number of carbonyl (C=O) groups is 1. The summed E-state index contributed by atoms with van der Waals surface area (Å²) in [7, 11) is 0. The third-order valence-corrected chi connectivity index (χ3v) is 3.26. The number of non-ortho nitro benzene ring substituents is 1. The minimum absolute atomic E-state index is 0.00222. The van der Waals surface area contributed by atoms with E-state index in [2.05, 4.69) is 15.9 Å². The number of ether oxygens (including phenoxy) is 1. The fourth-order valence-corrected chi connectivity index (χ4v) is 2.34. The Kier molecular flexibility index (Phi) is 4.44. The van der Waals surface area contributed by atoms with Crippen molar-refractivity contribution in [3.8, 4) is 11.5 Å². The maximum atomic E-state index is 11.2. The maximum absolute atomic E-state index is 11.2. The number of halogens is 2. The Morgan fingerprint density at radius 1 is 1.33 bits per heavy atom. The van der Waals surface area contributed by atoms with Crippen LogP contribution in [0.2, 0.25) is 5.02 Å². The molecule has 0 fully saturated rings. The van der Waals surface area contributed by atoms with Crippen molar-refractivity contribution in [1.82, 2.24) is 0 Å². The molecule has 0 heterocycles. The van der Waals surface area contributed by atoms with E-state index in [-0.39, 0.29) is 27.8 Å². The summed E-state index contributed by atoms with van der Waals surface area (Å²) in [4.78, 5) is 21.4. The zero-order valence-electron chi connectivity index (χ0n) is 10.2. The zero-order valence-corrected chi connectivity index (χ0v) is 12.6. The van der Waals surface area contributed by atoms with Crippen LogP contribution >= 0.6 is 27.5 Å². The summed E-state index contributed by atoms with van der Waals surface area (Å²) in [5.74, 6) is -1.12. The number of hydrogen-bond acceptors (Lipinski definition) is 4. The molecule has 1 N–H and O–H groups in total. The van der Waals surface area contributed by atoms with E-state index in [0.29, 0.717) is 4.47 Å². The number of nitrogens with zero attached hydrogens (tertiary/aromatic N) is 1. The van der Waals surface area contributed by atoms with E-state index in [4.69, 9.17) is 21.4 Å². The van der Waals surface area contributed by atoms with Crippen molar-refractivity contribution >= 4 is 39.2 Å². The number of nitro benzene ring substituents is 1. The molecule has 0 aliphatic rings. The molecule has 2 aromatic rings. The number of rotatable bonds is 4. The summed E-state index contributed by atoms with van der Waals surface area (Å²) in [6.45, 7) is 0. The first-order chi connectivity index (χ1) is 9.88. The lowest BCUT2D eigenvalue weighted by Crippen LogP contribution is -2.01. The van der Waals surface area contributed by atoms with Gasteiger partial charge in [0.1, 0.15) is 17.1 Å². The van der Waals surface area contributed by atoms with E-state index in [1.807, 2.05) is 0 Å². The largest absolute Gasteiger partial charge is 0.478 e. The molecule has 108 valence electrons. The van der Waals surface area contributed by atoms with Crippen LogP contribution in [0.25, 0.3) is 0 Å². The lowest BCUT2D eigenvalue weighted by Gasteiger charge is -2.10. The van der Waals surface area contributed by atoms with Crippen LogP contribution in [0.5, 0.6) is 11.5 Å². The van der Waals surface area contributed by atoms with Crippen LogP contribution in [-0.4, -0.2) is 16.0 Å². The predicted molar refractivity (Wildman–Crippen MR) is 79.3 cm³/mol. The highest BCUT2D eigenvalue weighted by molar-refractivity contribution is 9.10. The fourth-order valence-electron chi connectivity index (χ4n) is 1.64. The minimum Gasteiger partial charge on any atom is -0.478 e. The average molecular weight is 373 g/mol. The average Bonchev–Trinajstić information content (AvgIpc) is 2.37. The van der Waals surface area contributed by atoms with E-state index in [1.165, 1.54) is 36.4 Å². The van der Waals surface area contributed by atoms with Crippen LogP contribution in [0.3, 0.4) is 0 Å². The van der Waals surface area contributed by atoms with Gasteiger partial charge in [0.2, 0.25) is 0 Å². The number of carboxylic acids is 1. The summed E-state index contributed by atoms with van der Waals surface area (Å²) < 4.78 is 5.86. The molecule has 0 aliphatic carbocycles. The van der Waals surface area contributed by atoms with E-state index in [0.717, 1.165) is 0 Å². The molecule has 2 aromatic carbocycles. The van der Waals surface area contributed by atoms with Crippen LogP contribution in [0, 0.1) is 10.1 Å². The first kappa shape index (κ1) is 15.3. The Hall–Kier alpha value is -2.12. The molecule has 21 heavy (non-hydrogen) atoms. The first-order valence-electron chi connectivity index (χ1n) is 5.53. The molecule has 0 amide bonds. The molecule has 0 atom stereocenters. The second-order valence-corrected chi connectivity index (χ2v) is 5.25. The van der Waals surface area contributed by atoms with Crippen molar-refractivity contribution < 1.29 is 19.6 Å². The summed E-state index contributed by atoms with van der Waals surface area (Å²) in [5, 5.41) is 20.0. The zero-order chi connectivity index (χ0) is 15.6. The van der Waals surface area contributed by atoms with Gasteiger partial charge in [0.15, 0.2) is 0 Å². The van der Waals surface area contributed by atoms with Gasteiger partial charge in [0.25, 0.3) is 5.69 Å². The third-order valence-electron chi connectivity index (χ3n) is 2.48. The highest BCUT2D eigenvalue weighted by Gasteiger charge is 2.17. The summed E-state index contributed by atoms with van der Waals surface area (Å²) >= 11 is 8.96. The van der Waals surface area contributed by atoms with Crippen LogP contribution in [0.4, 0.5) is 5.69 Å². The van der Waals surface area contributed by atoms with Gasteiger partial charge in [-0.25, -0.2) is 4.79 Å². The number of carboxylic acid groups (broad SMARTS) is 1. The smallest absolute Gasteiger partial charge is 0.341 e. The maximum Gasteiger partial charge on any atom is 0.341 e. The van der Waals surface area contributed by atoms with Crippen molar-refractivity contribution in [3.05, 3.63) is 61.6 Å². The van der Waals surface area contributed by atoms with Crippen molar-refractivity contribution in [2.75, 3.05) is 0 Å². The van der Waals surface area contributed by atoms with Gasteiger partial charge in [-0.05, 0) is 18.2 Å². The predicted octanol–water partition coefficient (Wildman–Crippen LogP) is 4.50. The van der Waals surface area contributed by atoms with Crippen molar-refractivity contribution in [2.45, 2.75) is 0 Å². The van der Waals surface area contributed by atoms with Gasteiger partial charge >= 0.3 is 5.97 Å². The van der Waals surface area contributed by atoms with Crippen LogP contribution < -0.4 is 4.74 Å². The Balaban J connectivity index is 2.46. The molecule has 0 unspecified atom stereocenters. The molecule has 0 saturated heterocycles. The summed E-state index contributed by atoms with van der Waals surface area (Å²) in [6.07, 6.45) is 0. The molecule has 0 aromatic heterocycles. The van der Waals surface area contributed by atoms with Crippen LogP contribution in [-0.2, 0) is 0 Å². The number of aromatic carboxylic acids is 1. The van der Waals surface area contributed by atoms with Crippen molar-refractivity contribution in [3.63, 3.8) is 0 Å². The fraction of sp³-hybridized carbons (Fsp3) is 0. The van der Waals surface area contributed by atoms with Crippen LogP contribution in [0.1, 0.15) is 10.4 Å². The topological polar surface area (TPSA) is 89.7 Å². The Morgan fingerprint density at radius 3 is 2.67 bits per heavy atom. The molecule has 8 heteroatoms. The molecule has 0 saturated carbocycles. The monoisotopic (exact) mass is 371 g/mol. The van der Waals surface area contributed by atoms with Gasteiger partial charge in [-0.2, -0.15) is 0 Å². The molecule has 0 radical (unpaired) electrons. The molecule has 0 aliphatic heterocycles. The van der Waals surface area contributed by atoms with E-state index in [9.17, 15) is 14.9 Å². The van der Waals surface area contributed by atoms with Crippen LogP contribution in [0.15, 0.2) is 40.9 Å².